The van der Waals surface area contributed by atoms with Crippen molar-refractivity contribution in [2.24, 2.45) is 0 Å². The molecule has 0 saturated heterocycles. The number of ether oxygens (including phenoxy) is 1. The molecule has 1 aromatic heterocycles. The Hall–Kier alpha value is -2.67. The van der Waals surface area contributed by atoms with Gasteiger partial charge in [-0.2, -0.15) is 13.2 Å². The summed E-state index contributed by atoms with van der Waals surface area (Å²) in [6.45, 7) is 3.93. The first-order valence-corrected chi connectivity index (χ1v) is 8.85. The van der Waals surface area contributed by atoms with E-state index < -0.39 is 17.4 Å². The topological polar surface area (TPSA) is 42.7 Å². The van der Waals surface area contributed by atoms with Gasteiger partial charge in [0.25, 0.3) is 0 Å². The molecule has 4 nitrogen and oxygen atoms in total. The van der Waals surface area contributed by atoms with Gasteiger partial charge >= 0.3 is 11.8 Å². The maximum absolute atomic E-state index is 12.9. The molecule has 2 heterocycles. The summed E-state index contributed by atoms with van der Waals surface area (Å²) in [5.41, 5.74) is 1.58. The lowest BCUT2D eigenvalue weighted by Crippen LogP contribution is -2.32. The van der Waals surface area contributed by atoms with Crippen LogP contribution < -0.4 is 15.3 Å². The highest BCUT2D eigenvalue weighted by atomic mass is 35.5. The van der Waals surface area contributed by atoms with E-state index >= 15 is 0 Å². The zero-order valence-electron chi connectivity index (χ0n) is 15.0. The molecule has 4 rings (SSSR count). The number of alkyl halides is 3. The van der Waals surface area contributed by atoms with Crippen LogP contribution in [-0.2, 0) is 12.7 Å². The van der Waals surface area contributed by atoms with E-state index in [1.54, 1.807) is 17.9 Å². The van der Waals surface area contributed by atoms with Gasteiger partial charge in [-0.1, -0.05) is 11.6 Å². The number of anilines is 1. The molecule has 0 bridgehead atoms. The Morgan fingerprint density at radius 1 is 1.11 bits per heavy atom. The van der Waals surface area contributed by atoms with Gasteiger partial charge in [0.2, 0.25) is 0 Å². The molecule has 1 aliphatic heterocycles. The van der Waals surface area contributed by atoms with Crippen LogP contribution in [0.2, 0.25) is 5.02 Å². The fourth-order valence-electron chi connectivity index (χ4n) is 3.31. The standard InChI is InChI=1S/C20H15ClF3NO3/c1-10-11(2)19(26)28-18-13(10)4-6-17-14(18)8-25(9-27-17)16-5-3-12(7-15(16)21)20(22,23)24/h3-7H,8-9H2,1-2H3. The van der Waals surface area contributed by atoms with Crippen LogP contribution in [0, 0.1) is 13.8 Å². The third-order valence-electron chi connectivity index (χ3n) is 5.03. The molecule has 0 saturated carbocycles. The van der Waals surface area contributed by atoms with E-state index in [-0.39, 0.29) is 18.3 Å². The van der Waals surface area contributed by atoms with Gasteiger partial charge in [0.1, 0.15) is 11.3 Å². The van der Waals surface area contributed by atoms with Crippen LogP contribution in [0.5, 0.6) is 5.75 Å². The summed E-state index contributed by atoms with van der Waals surface area (Å²) in [5.74, 6) is 0.568. The average molecular weight is 410 g/mol. The average Bonchev–Trinajstić information content (AvgIpc) is 2.65. The van der Waals surface area contributed by atoms with Gasteiger partial charge in [-0.05, 0) is 49.7 Å². The zero-order chi connectivity index (χ0) is 20.2. The molecule has 0 atom stereocenters. The van der Waals surface area contributed by atoms with E-state index in [9.17, 15) is 18.0 Å². The third kappa shape index (κ3) is 2.99. The second-order valence-electron chi connectivity index (χ2n) is 6.69. The van der Waals surface area contributed by atoms with Gasteiger partial charge in [0, 0.05) is 10.9 Å². The van der Waals surface area contributed by atoms with Crippen LogP contribution in [0.3, 0.4) is 0 Å². The predicted molar refractivity (Wildman–Crippen MR) is 100 cm³/mol. The molecule has 0 spiro atoms. The summed E-state index contributed by atoms with van der Waals surface area (Å²) in [5, 5.41) is 0.760. The smallest absolute Gasteiger partial charge is 0.416 e. The minimum absolute atomic E-state index is 0.0319. The maximum Gasteiger partial charge on any atom is 0.416 e. The zero-order valence-corrected chi connectivity index (χ0v) is 15.7. The molecule has 0 fully saturated rings. The Balaban J connectivity index is 1.79. The van der Waals surface area contributed by atoms with Gasteiger partial charge in [0.05, 0.1) is 28.4 Å². The third-order valence-corrected chi connectivity index (χ3v) is 5.33. The number of halogens is 4. The van der Waals surface area contributed by atoms with Crippen LogP contribution in [0.15, 0.2) is 39.5 Å². The second-order valence-corrected chi connectivity index (χ2v) is 7.10. The molecule has 146 valence electrons. The van der Waals surface area contributed by atoms with E-state index in [4.69, 9.17) is 20.8 Å². The highest BCUT2D eigenvalue weighted by Crippen LogP contribution is 2.39. The van der Waals surface area contributed by atoms with Crippen molar-refractivity contribution in [3.8, 4) is 5.75 Å². The fourth-order valence-corrected chi connectivity index (χ4v) is 3.61. The van der Waals surface area contributed by atoms with Crippen molar-refractivity contribution in [1.29, 1.82) is 0 Å². The lowest BCUT2D eigenvalue weighted by atomic mass is 10.0. The number of hydrogen-bond acceptors (Lipinski definition) is 4. The fraction of sp³-hybridized carbons (Fsp3) is 0.250. The summed E-state index contributed by atoms with van der Waals surface area (Å²) < 4.78 is 49.9. The highest BCUT2D eigenvalue weighted by molar-refractivity contribution is 6.33. The first-order valence-electron chi connectivity index (χ1n) is 8.47. The Labute approximate surface area is 163 Å². The first-order chi connectivity index (χ1) is 13.2. The minimum atomic E-state index is -4.47. The molecular weight excluding hydrogens is 395 g/mol. The molecule has 1 aliphatic rings. The lowest BCUT2D eigenvalue weighted by Gasteiger charge is -2.31. The van der Waals surface area contributed by atoms with Crippen molar-refractivity contribution in [2.75, 3.05) is 11.6 Å². The highest BCUT2D eigenvalue weighted by Gasteiger charge is 2.32. The van der Waals surface area contributed by atoms with E-state index in [1.807, 2.05) is 13.0 Å². The van der Waals surface area contributed by atoms with Crippen molar-refractivity contribution in [3.05, 3.63) is 68.0 Å². The molecule has 8 heteroatoms. The van der Waals surface area contributed by atoms with Gasteiger partial charge < -0.3 is 14.1 Å². The Bertz CT molecular complexity index is 1150. The van der Waals surface area contributed by atoms with Gasteiger partial charge in [-0.3, -0.25) is 0 Å². The van der Waals surface area contributed by atoms with Gasteiger partial charge in [-0.15, -0.1) is 0 Å². The first kappa shape index (κ1) is 18.7. The van der Waals surface area contributed by atoms with Gasteiger partial charge in [0.15, 0.2) is 6.73 Å². The van der Waals surface area contributed by atoms with Crippen molar-refractivity contribution >= 4 is 28.3 Å². The summed E-state index contributed by atoms with van der Waals surface area (Å²) in [4.78, 5) is 13.8. The maximum atomic E-state index is 12.9. The van der Waals surface area contributed by atoms with Crippen molar-refractivity contribution in [2.45, 2.75) is 26.6 Å². The molecule has 2 aromatic carbocycles. The summed E-state index contributed by atoms with van der Waals surface area (Å²) in [6.07, 6.45) is -4.47. The monoisotopic (exact) mass is 409 g/mol. The predicted octanol–water partition coefficient (Wildman–Crippen LogP) is 5.44. The number of benzene rings is 2. The summed E-state index contributed by atoms with van der Waals surface area (Å²) in [6, 6.07) is 6.82. The quantitative estimate of drug-likeness (QED) is 0.502. The van der Waals surface area contributed by atoms with E-state index in [0.29, 0.717) is 28.1 Å². The van der Waals surface area contributed by atoms with Crippen LogP contribution in [0.1, 0.15) is 22.3 Å². The van der Waals surface area contributed by atoms with E-state index in [0.717, 1.165) is 23.1 Å². The molecule has 0 N–H and O–H groups in total. The van der Waals surface area contributed by atoms with Crippen LogP contribution >= 0.6 is 11.6 Å². The molecule has 0 amide bonds. The minimum Gasteiger partial charge on any atom is -0.473 e. The summed E-state index contributed by atoms with van der Waals surface area (Å²) in [7, 11) is 0. The number of hydrogen-bond donors (Lipinski definition) is 0. The Kier molecular flexibility index (Phi) is 4.30. The Morgan fingerprint density at radius 3 is 2.54 bits per heavy atom. The van der Waals surface area contributed by atoms with E-state index in [1.165, 1.54) is 6.07 Å². The van der Waals surface area contributed by atoms with Crippen LogP contribution in [0.25, 0.3) is 11.0 Å². The SMILES string of the molecule is Cc1c(C)c2ccc3c(c2oc1=O)CN(c1ccc(C(F)(F)F)cc1Cl)CO3. The molecule has 0 aliphatic carbocycles. The van der Waals surface area contributed by atoms with Gasteiger partial charge in [-0.25, -0.2) is 4.79 Å². The van der Waals surface area contributed by atoms with Crippen LogP contribution in [0.4, 0.5) is 18.9 Å². The number of fused-ring (bicyclic) bond motifs is 3. The van der Waals surface area contributed by atoms with Crippen molar-refractivity contribution in [1.82, 2.24) is 0 Å². The normalized spacial score (nSPS) is 14.1. The number of aryl methyl sites for hydroxylation is 1. The van der Waals surface area contributed by atoms with Crippen LogP contribution in [-0.4, -0.2) is 6.73 Å². The Morgan fingerprint density at radius 2 is 1.86 bits per heavy atom. The summed E-state index contributed by atoms with van der Waals surface area (Å²) >= 11 is 6.11. The van der Waals surface area contributed by atoms with Crippen molar-refractivity contribution in [3.63, 3.8) is 0 Å². The molecule has 0 unspecified atom stereocenters. The molecule has 3 aromatic rings. The molecule has 0 radical (unpaired) electrons. The van der Waals surface area contributed by atoms with E-state index in [2.05, 4.69) is 0 Å². The lowest BCUT2D eigenvalue weighted by molar-refractivity contribution is -0.137. The van der Waals surface area contributed by atoms with Crippen molar-refractivity contribution < 1.29 is 22.3 Å². The second kappa shape index (κ2) is 6.44. The largest absolute Gasteiger partial charge is 0.473 e. The number of nitrogens with zero attached hydrogens (tertiary/aromatic N) is 1. The number of rotatable bonds is 1. The molecular formula is C20H15ClF3NO3. The molecule has 28 heavy (non-hydrogen) atoms.